The van der Waals surface area contributed by atoms with Crippen LogP contribution in [0.2, 0.25) is 54.4 Å². The van der Waals surface area contributed by atoms with Gasteiger partial charge in [-0.15, -0.1) is 0 Å². The molecule has 4 heteroatoms. The van der Waals surface area contributed by atoms with E-state index in [1.54, 1.807) is 15.6 Å². The third-order valence-electron chi connectivity index (χ3n) is 11.3. The highest BCUT2D eigenvalue weighted by Crippen LogP contribution is 2.35. The standard InChI is InChI=1S/C36H57NSi3/c1-10-38(11-2,12-3)34-25-19-31(20-26-34)37(32-21-27-35(28-22-32)39(13-4,14-5)15-6)33-23-29-36(30-24-33)40(16-7,17-8)18-9/h19-30H,10-18H2,1-9H3. The fraction of sp³-hybridized carbons (Fsp3) is 0.500. The Morgan fingerprint density at radius 2 is 0.500 bits per heavy atom. The molecule has 0 unspecified atom stereocenters. The van der Waals surface area contributed by atoms with Gasteiger partial charge in [-0.05, 0) is 36.4 Å². The Labute approximate surface area is 250 Å². The van der Waals surface area contributed by atoms with Crippen LogP contribution in [0.15, 0.2) is 72.8 Å². The molecule has 0 aliphatic heterocycles. The molecule has 1 nitrogen and oxygen atoms in total. The van der Waals surface area contributed by atoms with Gasteiger partial charge in [-0.2, -0.15) is 0 Å². The van der Waals surface area contributed by atoms with Crippen molar-refractivity contribution in [3.05, 3.63) is 72.8 Å². The second-order valence-corrected chi connectivity index (χ2v) is 27.8. The normalized spacial score (nSPS) is 12.5. The zero-order chi connectivity index (χ0) is 29.4. The molecule has 3 rings (SSSR count). The highest BCUT2D eigenvalue weighted by molar-refractivity contribution is 6.92. The molecule has 0 heterocycles. The highest BCUT2D eigenvalue weighted by Gasteiger charge is 2.31. The summed E-state index contributed by atoms with van der Waals surface area (Å²) in [7, 11) is -4.20. The molecule has 0 saturated carbocycles. The second-order valence-electron chi connectivity index (χ2n) is 12.0. The first-order valence-corrected chi connectivity index (χ1v) is 24.3. The molecule has 0 atom stereocenters. The molecule has 218 valence electrons. The Balaban J connectivity index is 2.12. The van der Waals surface area contributed by atoms with Crippen LogP contribution in [-0.2, 0) is 0 Å². The number of anilines is 3. The topological polar surface area (TPSA) is 3.24 Å². The maximum absolute atomic E-state index is 2.49. The SMILES string of the molecule is CC[Si](CC)(CC)c1ccc(N(c2ccc([Si](CC)(CC)CC)cc2)c2ccc([Si](CC)(CC)CC)cc2)cc1. The van der Waals surface area contributed by atoms with Crippen molar-refractivity contribution in [1.29, 1.82) is 0 Å². The molecule has 0 saturated heterocycles. The molecule has 0 aromatic heterocycles. The van der Waals surface area contributed by atoms with E-state index in [2.05, 4.69) is 140 Å². The van der Waals surface area contributed by atoms with E-state index in [1.165, 1.54) is 71.5 Å². The Kier molecular flexibility index (Phi) is 11.7. The number of nitrogens with zero attached hydrogens (tertiary/aromatic N) is 1. The number of hydrogen-bond donors (Lipinski definition) is 0. The van der Waals surface area contributed by atoms with Gasteiger partial charge in [0.05, 0.1) is 24.2 Å². The fourth-order valence-corrected chi connectivity index (χ4v) is 18.2. The van der Waals surface area contributed by atoms with Crippen molar-refractivity contribution in [1.82, 2.24) is 0 Å². The van der Waals surface area contributed by atoms with Crippen LogP contribution in [0.4, 0.5) is 17.1 Å². The van der Waals surface area contributed by atoms with Crippen LogP contribution in [0, 0.1) is 0 Å². The van der Waals surface area contributed by atoms with Crippen LogP contribution >= 0.6 is 0 Å². The summed E-state index contributed by atoms with van der Waals surface area (Å²) in [5, 5.41) is 4.84. The maximum atomic E-state index is 2.49. The summed E-state index contributed by atoms with van der Waals surface area (Å²) in [5.74, 6) is 0. The minimum Gasteiger partial charge on any atom is -0.311 e. The first-order valence-electron chi connectivity index (χ1n) is 16.4. The van der Waals surface area contributed by atoms with E-state index in [9.17, 15) is 0 Å². The fourth-order valence-electron chi connectivity index (χ4n) is 7.43. The zero-order valence-electron chi connectivity index (χ0n) is 27.2. The monoisotopic (exact) mass is 587 g/mol. The van der Waals surface area contributed by atoms with Gasteiger partial charge in [-0.25, -0.2) is 0 Å². The van der Waals surface area contributed by atoms with Gasteiger partial charge in [0.1, 0.15) is 0 Å². The summed E-state index contributed by atoms with van der Waals surface area (Å²) < 4.78 is 0. The molecule has 3 aromatic rings. The summed E-state index contributed by atoms with van der Waals surface area (Å²) in [4.78, 5) is 2.49. The summed E-state index contributed by atoms with van der Waals surface area (Å²) in [5.41, 5.74) is 3.81. The second kappa shape index (κ2) is 14.3. The molecule has 0 spiro atoms. The lowest BCUT2D eigenvalue weighted by atomic mass is 10.2. The summed E-state index contributed by atoms with van der Waals surface area (Å²) >= 11 is 0. The molecule has 0 amide bonds. The number of hydrogen-bond acceptors (Lipinski definition) is 1. The van der Waals surface area contributed by atoms with Crippen LogP contribution in [-0.4, -0.2) is 24.2 Å². The first-order chi connectivity index (χ1) is 19.3. The molecule has 0 aliphatic carbocycles. The molecule has 0 fully saturated rings. The van der Waals surface area contributed by atoms with Crippen molar-refractivity contribution in [2.24, 2.45) is 0 Å². The largest absolute Gasteiger partial charge is 0.311 e. The molecular weight excluding hydrogens is 531 g/mol. The molecule has 40 heavy (non-hydrogen) atoms. The first kappa shape index (κ1) is 32.6. The lowest BCUT2D eigenvalue weighted by molar-refractivity contribution is 1.19. The molecule has 0 aliphatic rings. The van der Waals surface area contributed by atoms with Crippen LogP contribution in [0.5, 0.6) is 0 Å². The van der Waals surface area contributed by atoms with Gasteiger partial charge in [-0.1, -0.05) is 169 Å². The third-order valence-corrected chi connectivity index (χ3v) is 28.2. The summed E-state index contributed by atoms with van der Waals surface area (Å²) in [6, 6.07) is 41.0. The Morgan fingerprint density at radius 3 is 0.650 bits per heavy atom. The van der Waals surface area contributed by atoms with E-state index in [0.29, 0.717) is 0 Å². The highest BCUT2D eigenvalue weighted by atomic mass is 28.3. The van der Waals surface area contributed by atoms with E-state index in [4.69, 9.17) is 0 Å². The predicted molar refractivity (Wildman–Crippen MR) is 192 cm³/mol. The smallest absolute Gasteiger partial charge is 0.0859 e. The van der Waals surface area contributed by atoms with Crippen LogP contribution in [0.1, 0.15) is 62.3 Å². The molecular formula is C36H57NSi3. The van der Waals surface area contributed by atoms with Crippen molar-refractivity contribution in [3.63, 3.8) is 0 Å². The number of rotatable bonds is 15. The maximum Gasteiger partial charge on any atom is 0.0859 e. The van der Waals surface area contributed by atoms with Gasteiger partial charge in [0.25, 0.3) is 0 Å². The Bertz CT molecular complexity index is 980. The summed E-state index contributed by atoms with van der Waals surface area (Å²) in [6.07, 6.45) is 0. The van der Waals surface area contributed by atoms with Crippen LogP contribution < -0.4 is 20.5 Å². The van der Waals surface area contributed by atoms with E-state index in [-0.39, 0.29) is 0 Å². The Hall–Kier alpha value is -1.89. The van der Waals surface area contributed by atoms with Gasteiger partial charge in [0, 0.05) is 17.1 Å². The van der Waals surface area contributed by atoms with Gasteiger partial charge >= 0.3 is 0 Å². The molecule has 0 radical (unpaired) electrons. The van der Waals surface area contributed by atoms with Crippen LogP contribution in [0.25, 0.3) is 0 Å². The minimum atomic E-state index is -1.40. The zero-order valence-corrected chi connectivity index (χ0v) is 30.2. The molecule has 0 bridgehead atoms. The Morgan fingerprint density at radius 1 is 0.325 bits per heavy atom. The van der Waals surface area contributed by atoms with Crippen molar-refractivity contribution in [2.75, 3.05) is 4.90 Å². The van der Waals surface area contributed by atoms with Crippen molar-refractivity contribution in [3.8, 4) is 0 Å². The van der Waals surface area contributed by atoms with E-state index < -0.39 is 24.2 Å². The lowest BCUT2D eigenvalue weighted by Crippen LogP contribution is -2.45. The van der Waals surface area contributed by atoms with Crippen LogP contribution in [0.3, 0.4) is 0 Å². The molecule has 0 N–H and O–H groups in total. The predicted octanol–water partition coefficient (Wildman–Crippen LogP) is 10.3. The van der Waals surface area contributed by atoms with Gasteiger partial charge in [0.2, 0.25) is 0 Å². The molecule has 3 aromatic carbocycles. The average Bonchev–Trinajstić information content (AvgIpc) is 3.03. The van der Waals surface area contributed by atoms with E-state index >= 15 is 0 Å². The van der Waals surface area contributed by atoms with Crippen molar-refractivity contribution in [2.45, 2.75) is 117 Å². The van der Waals surface area contributed by atoms with Gasteiger partial charge in [0.15, 0.2) is 0 Å². The summed E-state index contributed by atoms with van der Waals surface area (Å²) in [6.45, 7) is 21.6. The average molecular weight is 588 g/mol. The van der Waals surface area contributed by atoms with Crippen molar-refractivity contribution >= 4 is 56.8 Å². The minimum absolute atomic E-state index is 1.27. The van der Waals surface area contributed by atoms with Gasteiger partial charge < -0.3 is 4.90 Å². The van der Waals surface area contributed by atoms with E-state index in [0.717, 1.165) is 0 Å². The van der Waals surface area contributed by atoms with Gasteiger partial charge in [-0.3, -0.25) is 0 Å². The quantitative estimate of drug-likeness (QED) is 0.160. The third kappa shape index (κ3) is 6.15. The lowest BCUT2D eigenvalue weighted by Gasteiger charge is -2.32. The number of benzene rings is 3. The van der Waals surface area contributed by atoms with E-state index in [1.807, 2.05) is 0 Å². The van der Waals surface area contributed by atoms with Crippen molar-refractivity contribution < 1.29 is 0 Å².